The van der Waals surface area contributed by atoms with Crippen molar-refractivity contribution in [2.45, 2.75) is 17.4 Å². The Morgan fingerprint density at radius 2 is 1.83 bits per heavy atom. The SMILES string of the molecule is CC(O)(CNS(=O)(=O)c1cccc2cnccc12)c1ccccc1. The van der Waals surface area contributed by atoms with Crippen LogP contribution in [-0.2, 0) is 15.6 Å². The van der Waals surface area contributed by atoms with Crippen LogP contribution in [0.15, 0.2) is 71.9 Å². The molecule has 0 aliphatic rings. The molecule has 0 spiro atoms. The summed E-state index contributed by atoms with van der Waals surface area (Å²) in [6.07, 6.45) is 3.18. The van der Waals surface area contributed by atoms with Crippen LogP contribution >= 0.6 is 0 Å². The number of nitrogens with one attached hydrogen (secondary N) is 1. The molecule has 3 rings (SSSR count). The molecule has 1 unspecified atom stereocenters. The van der Waals surface area contributed by atoms with E-state index in [0.29, 0.717) is 10.9 Å². The fraction of sp³-hybridized carbons (Fsp3) is 0.167. The van der Waals surface area contributed by atoms with Crippen LogP contribution in [0.2, 0.25) is 0 Å². The Morgan fingerprint density at radius 1 is 1.08 bits per heavy atom. The lowest BCUT2D eigenvalue weighted by Gasteiger charge is -2.24. The zero-order valence-corrected chi connectivity index (χ0v) is 14.0. The predicted octanol–water partition coefficient (Wildman–Crippen LogP) is 2.42. The van der Waals surface area contributed by atoms with Crippen LogP contribution < -0.4 is 4.72 Å². The van der Waals surface area contributed by atoms with E-state index < -0.39 is 15.6 Å². The van der Waals surface area contributed by atoms with Gasteiger partial charge >= 0.3 is 0 Å². The number of aromatic nitrogens is 1. The van der Waals surface area contributed by atoms with Gasteiger partial charge in [0.1, 0.15) is 5.60 Å². The van der Waals surface area contributed by atoms with E-state index in [1.807, 2.05) is 12.1 Å². The number of benzene rings is 2. The molecule has 24 heavy (non-hydrogen) atoms. The van der Waals surface area contributed by atoms with E-state index in [2.05, 4.69) is 9.71 Å². The standard InChI is InChI=1S/C18H18N2O3S/c1-18(21,15-7-3-2-4-8-15)13-20-24(22,23)17-9-5-6-14-12-19-11-10-16(14)17/h2-12,20-21H,13H2,1H3. The van der Waals surface area contributed by atoms with Gasteiger partial charge < -0.3 is 5.11 Å². The van der Waals surface area contributed by atoms with Gasteiger partial charge in [-0.05, 0) is 24.6 Å². The van der Waals surface area contributed by atoms with Crippen LogP contribution in [0.5, 0.6) is 0 Å². The second-order valence-electron chi connectivity index (χ2n) is 5.82. The Bertz CT molecular complexity index is 949. The van der Waals surface area contributed by atoms with Gasteiger partial charge in [-0.25, -0.2) is 13.1 Å². The molecular weight excluding hydrogens is 324 g/mol. The highest BCUT2D eigenvalue weighted by molar-refractivity contribution is 7.89. The maximum absolute atomic E-state index is 12.7. The van der Waals surface area contributed by atoms with Gasteiger partial charge in [-0.3, -0.25) is 4.98 Å². The summed E-state index contributed by atoms with van der Waals surface area (Å²) in [5.74, 6) is 0. The van der Waals surface area contributed by atoms with Crippen molar-refractivity contribution in [2.75, 3.05) is 6.54 Å². The number of rotatable bonds is 5. The smallest absolute Gasteiger partial charge is 0.241 e. The molecular formula is C18H18N2O3S. The van der Waals surface area contributed by atoms with E-state index in [1.54, 1.807) is 61.8 Å². The van der Waals surface area contributed by atoms with E-state index in [4.69, 9.17) is 0 Å². The zero-order chi connectivity index (χ0) is 17.2. The summed E-state index contributed by atoms with van der Waals surface area (Å²) in [6, 6.07) is 15.7. The van der Waals surface area contributed by atoms with Gasteiger partial charge in [0, 0.05) is 29.7 Å². The monoisotopic (exact) mass is 342 g/mol. The molecule has 1 atom stereocenters. The summed E-state index contributed by atoms with van der Waals surface area (Å²) >= 11 is 0. The summed E-state index contributed by atoms with van der Waals surface area (Å²) in [5, 5.41) is 11.9. The molecule has 3 aromatic rings. The van der Waals surface area contributed by atoms with E-state index in [-0.39, 0.29) is 11.4 Å². The third kappa shape index (κ3) is 3.31. The van der Waals surface area contributed by atoms with Crippen molar-refractivity contribution in [2.24, 2.45) is 0 Å². The first kappa shape index (κ1) is 16.6. The molecule has 5 nitrogen and oxygen atoms in total. The first-order valence-electron chi connectivity index (χ1n) is 7.50. The fourth-order valence-corrected chi connectivity index (χ4v) is 3.90. The minimum absolute atomic E-state index is 0.124. The number of hydrogen-bond donors (Lipinski definition) is 2. The first-order valence-corrected chi connectivity index (χ1v) is 8.99. The summed E-state index contributed by atoms with van der Waals surface area (Å²) in [5.41, 5.74) is -0.657. The average Bonchev–Trinajstić information content (AvgIpc) is 2.60. The molecule has 0 saturated heterocycles. The van der Waals surface area contributed by atoms with Crippen molar-refractivity contribution < 1.29 is 13.5 Å². The third-order valence-corrected chi connectivity index (χ3v) is 5.39. The summed E-state index contributed by atoms with van der Waals surface area (Å²) < 4.78 is 27.9. The van der Waals surface area contributed by atoms with E-state index in [9.17, 15) is 13.5 Å². The molecule has 0 aliphatic heterocycles. The van der Waals surface area contributed by atoms with E-state index in [0.717, 1.165) is 5.39 Å². The molecule has 0 amide bonds. The maximum Gasteiger partial charge on any atom is 0.241 e. The van der Waals surface area contributed by atoms with Crippen LogP contribution in [0.4, 0.5) is 0 Å². The van der Waals surface area contributed by atoms with Crippen LogP contribution in [-0.4, -0.2) is 25.1 Å². The number of nitrogens with zero attached hydrogens (tertiary/aromatic N) is 1. The number of hydrogen-bond acceptors (Lipinski definition) is 4. The van der Waals surface area contributed by atoms with Gasteiger partial charge in [-0.15, -0.1) is 0 Å². The van der Waals surface area contributed by atoms with Gasteiger partial charge in [-0.2, -0.15) is 0 Å². The Hall–Kier alpha value is -2.28. The summed E-state index contributed by atoms with van der Waals surface area (Å²) in [4.78, 5) is 4.18. The average molecular weight is 342 g/mol. The van der Waals surface area contributed by atoms with Crippen LogP contribution in [0.1, 0.15) is 12.5 Å². The molecule has 0 radical (unpaired) electrons. The van der Waals surface area contributed by atoms with Crippen molar-refractivity contribution in [3.63, 3.8) is 0 Å². The molecule has 1 aromatic heterocycles. The highest BCUT2D eigenvalue weighted by atomic mass is 32.2. The lowest BCUT2D eigenvalue weighted by Crippen LogP contribution is -2.38. The van der Waals surface area contributed by atoms with E-state index in [1.165, 1.54) is 0 Å². The van der Waals surface area contributed by atoms with Gasteiger partial charge in [0.15, 0.2) is 0 Å². The highest BCUT2D eigenvalue weighted by Gasteiger charge is 2.26. The van der Waals surface area contributed by atoms with Crippen molar-refractivity contribution in [1.29, 1.82) is 0 Å². The Kier molecular flexibility index (Phi) is 4.36. The molecule has 0 saturated carbocycles. The van der Waals surface area contributed by atoms with Gasteiger partial charge in [-0.1, -0.05) is 42.5 Å². The lowest BCUT2D eigenvalue weighted by molar-refractivity contribution is 0.0627. The normalized spacial score (nSPS) is 14.4. The third-order valence-electron chi connectivity index (χ3n) is 3.93. The summed E-state index contributed by atoms with van der Waals surface area (Å²) in [7, 11) is -3.77. The van der Waals surface area contributed by atoms with Gasteiger partial charge in [0.25, 0.3) is 0 Å². The van der Waals surface area contributed by atoms with Crippen LogP contribution in [0.25, 0.3) is 10.8 Å². The number of fused-ring (bicyclic) bond motifs is 1. The van der Waals surface area contributed by atoms with Crippen LogP contribution in [0, 0.1) is 0 Å². The molecule has 124 valence electrons. The topological polar surface area (TPSA) is 79.3 Å². The first-order chi connectivity index (χ1) is 11.4. The largest absolute Gasteiger partial charge is 0.384 e. The number of aliphatic hydroxyl groups is 1. The number of pyridine rings is 1. The molecule has 0 aliphatic carbocycles. The van der Waals surface area contributed by atoms with Crippen LogP contribution in [0.3, 0.4) is 0 Å². The molecule has 6 heteroatoms. The van der Waals surface area contributed by atoms with Crippen molar-refractivity contribution >= 4 is 20.8 Å². The maximum atomic E-state index is 12.7. The molecule has 2 aromatic carbocycles. The Labute approximate surface area is 141 Å². The van der Waals surface area contributed by atoms with Gasteiger partial charge in [0.2, 0.25) is 10.0 Å². The van der Waals surface area contributed by atoms with Crippen molar-refractivity contribution in [3.8, 4) is 0 Å². The molecule has 0 fully saturated rings. The van der Waals surface area contributed by atoms with Gasteiger partial charge in [0.05, 0.1) is 4.90 Å². The Morgan fingerprint density at radius 3 is 2.58 bits per heavy atom. The molecule has 0 bridgehead atoms. The highest BCUT2D eigenvalue weighted by Crippen LogP contribution is 2.24. The van der Waals surface area contributed by atoms with Crippen molar-refractivity contribution in [1.82, 2.24) is 9.71 Å². The fourth-order valence-electron chi connectivity index (χ4n) is 2.54. The second kappa shape index (κ2) is 6.32. The second-order valence-corrected chi connectivity index (χ2v) is 7.55. The molecule has 1 heterocycles. The minimum atomic E-state index is -3.77. The predicted molar refractivity (Wildman–Crippen MR) is 92.9 cm³/mol. The Balaban J connectivity index is 1.89. The van der Waals surface area contributed by atoms with Crippen molar-refractivity contribution in [3.05, 3.63) is 72.6 Å². The number of sulfonamides is 1. The summed E-state index contributed by atoms with van der Waals surface area (Å²) in [6.45, 7) is 1.46. The van der Waals surface area contributed by atoms with E-state index >= 15 is 0 Å². The quantitative estimate of drug-likeness (QED) is 0.746. The lowest BCUT2D eigenvalue weighted by atomic mass is 9.97. The molecule has 2 N–H and O–H groups in total. The minimum Gasteiger partial charge on any atom is -0.384 e. The zero-order valence-electron chi connectivity index (χ0n) is 13.2.